The molecule has 37 heavy (non-hydrogen) atoms. The predicted octanol–water partition coefficient (Wildman–Crippen LogP) is 4.72. The summed E-state index contributed by atoms with van der Waals surface area (Å²) in [6.45, 7) is 11.1. The zero-order chi connectivity index (χ0) is 25.4. The average Bonchev–Trinajstić information content (AvgIpc) is 3.68. The standard InChI is InChI=1S/C30H38N6O/c1-21(2)33-30(37)36-11-9-24(10-12-36)28-19-32-29-27(28)17-25(18-31-29)23-5-3-22(4-6-23)20-34-13-15-35(16-14-34)26-7-8-26/h3-6,9,17-19,21,26H,7-8,10-16,20H2,1-2H3,(H,31,32)(H,33,37). The second-order valence-electron chi connectivity index (χ2n) is 11.1. The summed E-state index contributed by atoms with van der Waals surface area (Å²) in [6, 6.07) is 12.3. The number of urea groups is 1. The number of benzene rings is 1. The van der Waals surface area contributed by atoms with Gasteiger partial charge in [-0.2, -0.15) is 0 Å². The predicted molar refractivity (Wildman–Crippen MR) is 149 cm³/mol. The van der Waals surface area contributed by atoms with E-state index >= 15 is 0 Å². The molecule has 2 amide bonds. The Hall–Kier alpha value is -3.16. The van der Waals surface area contributed by atoms with Crippen LogP contribution in [0.4, 0.5) is 4.79 Å². The van der Waals surface area contributed by atoms with E-state index in [2.05, 4.69) is 62.7 Å². The number of pyridine rings is 1. The van der Waals surface area contributed by atoms with Crippen LogP contribution in [-0.2, 0) is 6.54 Å². The Balaban J connectivity index is 1.13. The smallest absolute Gasteiger partial charge is 0.317 e. The molecule has 0 bridgehead atoms. The fraction of sp³-hybridized carbons (Fsp3) is 0.467. The Morgan fingerprint density at radius 2 is 1.86 bits per heavy atom. The van der Waals surface area contributed by atoms with Gasteiger partial charge < -0.3 is 15.2 Å². The van der Waals surface area contributed by atoms with Gasteiger partial charge in [-0.15, -0.1) is 0 Å². The number of fused-ring (bicyclic) bond motifs is 1. The number of hydrogen-bond acceptors (Lipinski definition) is 4. The lowest BCUT2D eigenvalue weighted by atomic mass is 9.98. The molecule has 4 heterocycles. The first-order valence-electron chi connectivity index (χ1n) is 13.8. The molecule has 0 radical (unpaired) electrons. The maximum absolute atomic E-state index is 12.4. The van der Waals surface area contributed by atoms with Crippen LogP contribution in [0.25, 0.3) is 27.7 Å². The number of nitrogens with one attached hydrogen (secondary N) is 2. The van der Waals surface area contributed by atoms with Crippen molar-refractivity contribution in [2.75, 3.05) is 39.3 Å². The third-order valence-electron chi connectivity index (χ3n) is 7.95. The fourth-order valence-electron chi connectivity index (χ4n) is 5.65. The SMILES string of the molecule is CC(C)NC(=O)N1CC=C(c2c[nH]c3ncc(-c4ccc(CN5CCN(C6CC6)CC5)cc4)cc23)CC1. The van der Waals surface area contributed by atoms with E-state index in [1.54, 1.807) is 0 Å². The van der Waals surface area contributed by atoms with E-state index in [9.17, 15) is 4.79 Å². The number of aromatic nitrogens is 2. The number of amides is 2. The van der Waals surface area contributed by atoms with Crippen molar-refractivity contribution in [3.63, 3.8) is 0 Å². The zero-order valence-electron chi connectivity index (χ0n) is 22.0. The van der Waals surface area contributed by atoms with Crippen molar-refractivity contribution in [1.29, 1.82) is 0 Å². The van der Waals surface area contributed by atoms with Gasteiger partial charge in [-0.05, 0) is 55.9 Å². The monoisotopic (exact) mass is 498 g/mol. The molecule has 2 aliphatic heterocycles. The first-order chi connectivity index (χ1) is 18.0. The van der Waals surface area contributed by atoms with Crippen molar-refractivity contribution in [3.05, 3.63) is 59.9 Å². The van der Waals surface area contributed by atoms with E-state index in [0.717, 1.165) is 42.1 Å². The van der Waals surface area contributed by atoms with Gasteiger partial charge in [-0.25, -0.2) is 9.78 Å². The molecule has 194 valence electrons. The maximum atomic E-state index is 12.4. The van der Waals surface area contributed by atoms with Gasteiger partial charge in [-0.3, -0.25) is 9.80 Å². The first-order valence-corrected chi connectivity index (χ1v) is 13.8. The number of rotatable bonds is 6. The third-order valence-corrected chi connectivity index (χ3v) is 7.95. The molecule has 6 rings (SSSR count). The molecule has 1 aliphatic carbocycles. The number of carbonyl (C=O) groups is 1. The number of carbonyl (C=O) groups excluding carboxylic acids is 1. The van der Waals surface area contributed by atoms with Gasteiger partial charge in [0.15, 0.2) is 0 Å². The van der Waals surface area contributed by atoms with Crippen LogP contribution >= 0.6 is 0 Å². The summed E-state index contributed by atoms with van der Waals surface area (Å²) < 4.78 is 0. The summed E-state index contributed by atoms with van der Waals surface area (Å²) in [6.07, 6.45) is 9.84. The highest BCUT2D eigenvalue weighted by Crippen LogP contribution is 2.32. The Morgan fingerprint density at radius 3 is 2.54 bits per heavy atom. The van der Waals surface area contributed by atoms with Gasteiger partial charge in [0.2, 0.25) is 0 Å². The van der Waals surface area contributed by atoms with Gasteiger partial charge >= 0.3 is 6.03 Å². The molecule has 2 aromatic heterocycles. The highest BCUT2D eigenvalue weighted by atomic mass is 16.2. The number of piperazine rings is 1. The Morgan fingerprint density at radius 1 is 1.08 bits per heavy atom. The van der Waals surface area contributed by atoms with Crippen LogP contribution in [0.5, 0.6) is 0 Å². The Kier molecular flexibility index (Phi) is 6.74. The van der Waals surface area contributed by atoms with Gasteiger partial charge in [0.1, 0.15) is 5.65 Å². The van der Waals surface area contributed by atoms with Crippen molar-refractivity contribution < 1.29 is 4.79 Å². The van der Waals surface area contributed by atoms with Crippen LogP contribution in [0.1, 0.15) is 44.2 Å². The molecular formula is C30H38N6O. The molecule has 0 unspecified atom stereocenters. The van der Waals surface area contributed by atoms with Gasteiger partial charge in [-0.1, -0.05) is 30.3 Å². The van der Waals surface area contributed by atoms with Crippen molar-refractivity contribution in [1.82, 2.24) is 30.0 Å². The quantitative estimate of drug-likeness (QED) is 0.516. The molecule has 1 saturated carbocycles. The highest BCUT2D eigenvalue weighted by molar-refractivity contribution is 5.93. The summed E-state index contributed by atoms with van der Waals surface area (Å²) in [5.41, 5.74) is 7.07. The van der Waals surface area contributed by atoms with Crippen LogP contribution in [0.2, 0.25) is 0 Å². The lowest BCUT2D eigenvalue weighted by molar-refractivity contribution is 0.121. The van der Waals surface area contributed by atoms with Crippen LogP contribution in [0.3, 0.4) is 0 Å². The van der Waals surface area contributed by atoms with Crippen LogP contribution in [0, 0.1) is 0 Å². The number of hydrogen-bond donors (Lipinski definition) is 2. The Bertz CT molecular complexity index is 1280. The molecule has 2 fully saturated rings. The van der Waals surface area contributed by atoms with Gasteiger partial charge in [0.25, 0.3) is 0 Å². The highest BCUT2D eigenvalue weighted by Gasteiger charge is 2.31. The van der Waals surface area contributed by atoms with Crippen LogP contribution < -0.4 is 5.32 Å². The normalized spacial score (nSPS) is 19.4. The molecule has 7 heteroatoms. The number of nitrogens with zero attached hydrogens (tertiary/aromatic N) is 4. The maximum Gasteiger partial charge on any atom is 0.317 e. The molecule has 1 aromatic carbocycles. The molecule has 3 aliphatic rings. The van der Waals surface area contributed by atoms with Gasteiger partial charge in [0.05, 0.1) is 0 Å². The molecule has 3 aromatic rings. The minimum absolute atomic E-state index is 0.0112. The Labute approximate surface area is 219 Å². The van der Waals surface area contributed by atoms with Crippen molar-refractivity contribution >= 4 is 22.6 Å². The second-order valence-corrected chi connectivity index (χ2v) is 11.1. The second kappa shape index (κ2) is 10.3. The summed E-state index contributed by atoms with van der Waals surface area (Å²) in [5, 5.41) is 4.13. The molecule has 7 nitrogen and oxygen atoms in total. The van der Waals surface area contributed by atoms with E-state index in [-0.39, 0.29) is 12.1 Å². The lowest BCUT2D eigenvalue weighted by Crippen LogP contribution is -2.46. The van der Waals surface area contributed by atoms with E-state index < -0.39 is 0 Å². The average molecular weight is 499 g/mol. The van der Waals surface area contributed by atoms with E-state index in [4.69, 9.17) is 4.98 Å². The molecule has 0 atom stereocenters. The molecular weight excluding hydrogens is 460 g/mol. The number of H-pyrrole nitrogens is 1. The topological polar surface area (TPSA) is 67.5 Å². The summed E-state index contributed by atoms with van der Waals surface area (Å²) in [4.78, 5) is 27.5. The first kappa shape index (κ1) is 24.2. The zero-order valence-corrected chi connectivity index (χ0v) is 22.0. The van der Waals surface area contributed by atoms with E-state index in [1.165, 1.54) is 61.3 Å². The number of aromatic amines is 1. The minimum atomic E-state index is 0.0112. The van der Waals surface area contributed by atoms with Crippen molar-refractivity contribution in [2.45, 2.75) is 51.7 Å². The largest absolute Gasteiger partial charge is 0.346 e. The third kappa shape index (κ3) is 5.43. The lowest BCUT2D eigenvalue weighted by Gasteiger charge is -2.34. The van der Waals surface area contributed by atoms with Crippen LogP contribution in [0.15, 0.2) is 48.8 Å². The van der Waals surface area contributed by atoms with Crippen LogP contribution in [-0.4, -0.2) is 82.1 Å². The van der Waals surface area contributed by atoms with Crippen molar-refractivity contribution in [2.24, 2.45) is 0 Å². The summed E-state index contributed by atoms with van der Waals surface area (Å²) >= 11 is 0. The van der Waals surface area contributed by atoms with E-state index in [0.29, 0.717) is 6.54 Å². The summed E-state index contributed by atoms with van der Waals surface area (Å²) in [7, 11) is 0. The van der Waals surface area contributed by atoms with Gasteiger partial charge in [0, 0.05) is 86.8 Å². The fourth-order valence-corrected chi connectivity index (χ4v) is 5.65. The van der Waals surface area contributed by atoms with Crippen molar-refractivity contribution in [3.8, 4) is 11.1 Å². The molecule has 2 N–H and O–H groups in total. The van der Waals surface area contributed by atoms with E-state index in [1.807, 2.05) is 24.9 Å². The molecule has 0 spiro atoms. The minimum Gasteiger partial charge on any atom is -0.346 e. The summed E-state index contributed by atoms with van der Waals surface area (Å²) in [5.74, 6) is 0. The molecule has 1 saturated heterocycles.